The second-order valence-electron chi connectivity index (χ2n) is 7.62. The third-order valence-corrected chi connectivity index (χ3v) is 6.95. The highest BCUT2D eigenvalue weighted by atomic mass is 32.1. The van der Waals surface area contributed by atoms with Crippen molar-refractivity contribution >= 4 is 17.0 Å². The van der Waals surface area contributed by atoms with E-state index in [1.807, 2.05) is 11.3 Å². The molecule has 4 unspecified atom stereocenters. The summed E-state index contributed by atoms with van der Waals surface area (Å²) in [5.41, 5.74) is 2.62. The number of nitrogens with one attached hydrogen (secondary N) is 1. The standard InChI is InChI=1S/C22H25NO2S/c1-14-7-10-21(26-14)22-18-6-2-5-17(18)19-12-15(8-9-20(19)23-22)25-13-16-4-3-11-24-16/h2,5,7-10,12,16-18,22-23H,3-4,6,11,13H2,1H3. The van der Waals surface area contributed by atoms with Gasteiger partial charge in [0.2, 0.25) is 0 Å². The third kappa shape index (κ3) is 2.95. The summed E-state index contributed by atoms with van der Waals surface area (Å²) in [5.74, 6) is 2.03. The second-order valence-corrected chi connectivity index (χ2v) is 8.94. The maximum absolute atomic E-state index is 6.04. The van der Waals surface area contributed by atoms with E-state index in [0.717, 1.165) is 31.6 Å². The first-order valence-corrected chi connectivity index (χ1v) is 10.5. The highest BCUT2D eigenvalue weighted by Gasteiger charge is 2.38. The number of rotatable bonds is 4. The van der Waals surface area contributed by atoms with Gasteiger partial charge in [0.05, 0.1) is 12.1 Å². The molecule has 1 aliphatic carbocycles. The molecule has 1 N–H and O–H groups in total. The van der Waals surface area contributed by atoms with E-state index in [0.29, 0.717) is 24.5 Å². The molecule has 1 saturated heterocycles. The first-order chi connectivity index (χ1) is 12.8. The summed E-state index contributed by atoms with van der Waals surface area (Å²) in [6, 6.07) is 11.4. The Morgan fingerprint density at radius 2 is 2.23 bits per heavy atom. The lowest BCUT2D eigenvalue weighted by Crippen LogP contribution is -2.28. The lowest BCUT2D eigenvalue weighted by Gasteiger charge is -2.37. The van der Waals surface area contributed by atoms with E-state index in [1.54, 1.807) is 0 Å². The fourth-order valence-corrected chi connectivity index (χ4v) is 5.53. The molecule has 2 aromatic rings. The Morgan fingerprint density at radius 1 is 1.27 bits per heavy atom. The average Bonchev–Trinajstić information content (AvgIpc) is 3.40. The fourth-order valence-electron chi connectivity index (χ4n) is 4.53. The molecule has 3 heterocycles. The van der Waals surface area contributed by atoms with Gasteiger partial charge in [-0.15, -0.1) is 11.3 Å². The van der Waals surface area contributed by atoms with Crippen LogP contribution in [0.2, 0.25) is 0 Å². The van der Waals surface area contributed by atoms with Crippen LogP contribution in [0.25, 0.3) is 0 Å². The maximum Gasteiger partial charge on any atom is 0.119 e. The lowest BCUT2D eigenvalue weighted by molar-refractivity contribution is 0.0679. The largest absolute Gasteiger partial charge is 0.491 e. The van der Waals surface area contributed by atoms with E-state index >= 15 is 0 Å². The predicted molar refractivity (Wildman–Crippen MR) is 106 cm³/mol. The summed E-state index contributed by atoms with van der Waals surface area (Å²) in [4.78, 5) is 2.83. The minimum atomic E-state index is 0.259. The highest BCUT2D eigenvalue weighted by Crippen LogP contribution is 2.51. The molecule has 4 atom stereocenters. The first kappa shape index (κ1) is 16.4. The summed E-state index contributed by atoms with van der Waals surface area (Å²) >= 11 is 1.91. The molecule has 3 aliphatic rings. The van der Waals surface area contributed by atoms with Gasteiger partial charge in [0, 0.05) is 28.0 Å². The van der Waals surface area contributed by atoms with Crippen molar-refractivity contribution in [1.29, 1.82) is 0 Å². The van der Waals surface area contributed by atoms with Gasteiger partial charge in [-0.25, -0.2) is 0 Å². The van der Waals surface area contributed by atoms with Crippen LogP contribution >= 0.6 is 11.3 Å². The van der Waals surface area contributed by atoms with Crippen LogP contribution in [0.15, 0.2) is 42.5 Å². The molecule has 0 radical (unpaired) electrons. The van der Waals surface area contributed by atoms with Crippen LogP contribution in [0.1, 0.15) is 46.5 Å². The van der Waals surface area contributed by atoms with Gasteiger partial charge in [0.25, 0.3) is 0 Å². The summed E-state index contributed by atoms with van der Waals surface area (Å²) in [5, 5.41) is 3.81. The van der Waals surface area contributed by atoms with Gasteiger partial charge in [-0.1, -0.05) is 12.2 Å². The zero-order valence-corrected chi connectivity index (χ0v) is 15.9. The molecule has 0 spiro atoms. The van der Waals surface area contributed by atoms with Crippen LogP contribution in [0.5, 0.6) is 5.75 Å². The number of thiophene rings is 1. The summed E-state index contributed by atoms with van der Waals surface area (Å²) in [7, 11) is 0. The molecule has 0 amide bonds. The van der Waals surface area contributed by atoms with Gasteiger partial charge in [0.15, 0.2) is 0 Å². The molecule has 2 aliphatic heterocycles. The van der Waals surface area contributed by atoms with E-state index in [-0.39, 0.29) is 6.10 Å². The molecule has 1 aromatic carbocycles. The predicted octanol–water partition coefficient (Wildman–Crippen LogP) is 5.44. The molecule has 5 rings (SSSR count). The van der Waals surface area contributed by atoms with E-state index in [4.69, 9.17) is 9.47 Å². The lowest BCUT2D eigenvalue weighted by atomic mass is 9.79. The maximum atomic E-state index is 6.04. The topological polar surface area (TPSA) is 30.5 Å². The Hall–Kier alpha value is -1.78. The number of anilines is 1. The number of ether oxygens (including phenoxy) is 2. The highest BCUT2D eigenvalue weighted by molar-refractivity contribution is 7.12. The number of aryl methyl sites for hydroxylation is 1. The Bertz CT molecular complexity index is 821. The van der Waals surface area contributed by atoms with Crippen molar-refractivity contribution in [2.45, 2.75) is 44.2 Å². The van der Waals surface area contributed by atoms with Crippen molar-refractivity contribution in [1.82, 2.24) is 0 Å². The summed E-state index contributed by atoms with van der Waals surface area (Å²) in [6.07, 6.45) is 8.40. The Balaban J connectivity index is 1.40. The van der Waals surface area contributed by atoms with E-state index in [1.165, 1.54) is 21.0 Å². The van der Waals surface area contributed by atoms with Crippen molar-refractivity contribution in [3.05, 3.63) is 57.8 Å². The summed E-state index contributed by atoms with van der Waals surface area (Å²) in [6.45, 7) is 3.72. The van der Waals surface area contributed by atoms with Gasteiger partial charge in [-0.05, 0) is 68.0 Å². The van der Waals surface area contributed by atoms with E-state index < -0.39 is 0 Å². The molecule has 4 heteroatoms. The molecule has 136 valence electrons. The fraction of sp³-hybridized carbons (Fsp3) is 0.455. The van der Waals surface area contributed by atoms with Crippen molar-refractivity contribution in [3.63, 3.8) is 0 Å². The van der Waals surface area contributed by atoms with E-state index in [9.17, 15) is 0 Å². The smallest absolute Gasteiger partial charge is 0.119 e. The molecular formula is C22H25NO2S. The Kier molecular flexibility index (Phi) is 4.26. The Morgan fingerprint density at radius 3 is 3.04 bits per heavy atom. The quantitative estimate of drug-likeness (QED) is 0.730. The summed E-state index contributed by atoms with van der Waals surface area (Å²) < 4.78 is 11.7. The SMILES string of the molecule is Cc1ccc(C2Nc3ccc(OCC4CCCO4)cc3C3C=CCC32)s1. The number of fused-ring (bicyclic) bond motifs is 3. The number of hydrogen-bond donors (Lipinski definition) is 1. The average molecular weight is 368 g/mol. The molecule has 1 fully saturated rings. The molecule has 26 heavy (non-hydrogen) atoms. The Labute approximate surface area is 159 Å². The normalized spacial score (nSPS) is 29.3. The van der Waals surface area contributed by atoms with E-state index in [2.05, 4.69) is 54.7 Å². The van der Waals surface area contributed by atoms with Crippen LogP contribution in [0, 0.1) is 12.8 Å². The molecule has 1 aromatic heterocycles. The molecule has 0 saturated carbocycles. The zero-order valence-electron chi connectivity index (χ0n) is 15.1. The minimum absolute atomic E-state index is 0.259. The van der Waals surface area contributed by atoms with Crippen LogP contribution < -0.4 is 10.1 Å². The first-order valence-electron chi connectivity index (χ1n) is 9.66. The molecule has 0 bridgehead atoms. The zero-order chi connectivity index (χ0) is 17.5. The minimum Gasteiger partial charge on any atom is -0.491 e. The van der Waals surface area contributed by atoms with Crippen molar-refractivity contribution in [3.8, 4) is 5.75 Å². The van der Waals surface area contributed by atoms with Gasteiger partial charge >= 0.3 is 0 Å². The van der Waals surface area contributed by atoms with Gasteiger partial charge < -0.3 is 14.8 Å². The second kappa shape index (κ2) is 6.75. The van der Waals surface area contributed by atoms with Crippen LogP contribution in [-0.4, -0.2) is 19.3 Å². The number of benzene rings is 1. The van der Waals surface area contributed by atoms with Crippen molar-refractivity contribution in [2.24, 2.45) is 5.92 Å². The van der Waals surface area contributed by atoms with Crippen LogP contribution in [0.4, 0.5) is 5.69 Å². The number of hydrogen-bond acceptors (Lipinski definition) is 4. The number of allylic oxidation sites excluding steroid dienone is 2. The van der Waals surface area contributed by atoms with Gasteiger partial charge in [-0.2, -0.15) is 0 Å². The van der Waals surface area contributed by atoms with Gasteiger partial charge in [-0.3, -0.25) is 0 Å². The third-order valence-electron chi connectivity index (χ3n) is 5.86. The van der Waals surface area contributed by atoms with Crippen molar-refractivity contribution < 1.29 is 9.47 Å². The molecular weight excluding hydrogens is 342 g/mol. The van der Waals surface area contributed by atoms with Crippen LogP contribution in [-0.2, 0) is 4.74 Å². The van der Waals surface area contributed by atoms with Crippen LogP contribution in [0.3, 0.4) is 0 Å². The van der Waals surface area contributed by atoms with Crippen molar-refractivity contribution in [2.75, 3.05) is 18.5 Å². The monoisotopic (exact) mass is 367 g/mol. The van der Waals surface area contributed by atoms with Gasteiger partial charge in [0.1, 0.15) is 12.4 Å². The molecule has 3 nitrogen and oxygen atoms in total.